The van der Waals surface area contributed by atoms with Crippen molar-refractivity contribution in [2.45, 2.75) is 31.3 Å². The van der Waals surface area contributed by atoms with E-state index in [0.29, 0.717) is 12.1 Å². The molecule has 1 heterocycles. The second-order valence-electron chi connectivity index (χ2n) is 5.40. The van der Waals surface area contributed by atoms with Crippen molar-refractivity contribution in [1.82, 2.24) is 4.90 Å². The summed E-state index contributed by atoms with van der Waals surface area (Å²) in [5.74, 6) is -1.94. The Kier molecular flexibility index (Phi) is 3.29. The highest BCUT2D eigenvalue weighted by atomic mass is 19.1. The third-order valence-electron chi connectivity index (χ3n) is 3.88. The van der Waals surface area contributed by atoms with Gasteiger partial charge in [-0.1, -0.05) is 0 Å². The molecule has 0 amide bonds. The number of rotatable bonds is 4. The van der Waals surface area contributed by atoms with E-state index in [1.165, 1.54) is 12.8 Å². The van der Waals surface area contributed by atoms with Crippen molar-refractivity contribution < 1.29 is 13.7 Å². The second kappa shape index (κ2) is 4.97. The number of nitrogens with one attached hydrogen (secondary N) is 1. The second-order valence-corrected chi connectivity index (χ2v) is 5.40. The summed E-state index contributed by atoms with van der Waals surface area (Å²) >= 11 is 0. The predicted molar refractivity (Wildman–Crippen MR) is 69.6 cm³/mol. The van der Waals surface area contributed by atoms with Gasteiger partial charge in [0.05, 0.1) is 10.6 Å². The third-order valence-corrected chi connectivity index (χ3v) is 3.88. The molecule has 1 aromatic rings. The van der Waals surface area contributed by atoms with Crippen LogP contribution < -0.4 is 5.32 Å². The molecule has 0 spiro atoms. The van der Waals surface area contributed by atoms with Crippen LogP contribution in [0.25, 0.3) is 0 Å². The van der Waals surface area contributed by atoms with E-state index < -0.39 is 22.2 Å². The molecule has 20 heavy (non-hydrogen) atoms. The third kappa shape index (κ3) is 2.58. The first-order chi connectivity index (χ1) is 9.54. The van der Waals surface area contributed by atoms with Crippen LogP contribution >= 0.6 is 0 Å². The molecular formula is C13H15F2N3O2. The molecule has 1 N–H and O–H groups in total. The zero-order valence-corrected chi connectivity index (χ0v) is 10.8. The van der Waals surface area contributed by atoms with Gasteiger partial charge in [0.25, 0.3) is 0 Å². The minimum atomic E-state index is -1.15. The van der Waals surface area contributed by atoms with Gasteiger partial charge in [-0.15, -0.1) is 0 Å². The van der Waals surface area contributed by atoms with Crippen LogP contribution in [0.5, 0.6) is 0 Å². The standard InChI is InChI=1S/C13H15F2N3O2/c14-10-5-11(15)13(18(19)20)6-12(10)16-8-3-4-17(7-8)9-1-2-9/h5-6,8-9,16H,1-4,7H2. The van der Waals surface area contributed by atoms with Crippen LogP contribution in [0.2, 0.25) is 0 Å². The first-order valence-corrected chi connectivity index (χ1v) is 6.68. The molecule has 1 saturated carbocycles. The van der Waals surface area contributed by atoms with Crippen LogP contribution in [-0.2, 0) is 0 Å². The molecule has 7 heteroatoms. The van der Waals surface area contributed by atoms with Crippen LogP contribution in [0.4, 0.5) is 20.2 Å². The Bertz CT molecular complexity index is 549. The lowest BCUT2D eigenvalue weighted by atomic mass is 10.2. The van der Waals surface area contributed by atoms with Crippen LogP contribution in [0.3, 0.4) is 0 Å². The summed E-state index contributed by atoms with van der Waals surface area (Å²) in [5, 5.41) is 13.6. The summed E-state index contributed by atoms with van der Waals surface area (Å²) < 4.78 is 26.9. The lowest BCUT2D eigenvalue weighted by molar-refractivity contribution is -0.387. The van der Waals surface area contributed by atoms with Gasteiger partial charge in [0.15, 0.2) is 0 Å². The maximum Gasteiger partial charge on any atom is 0.307 e. The quantitative estimate of drug-likeness (QED) is 0.681. The fraction of sp³-hybridized carbons (Fsp3) is 0.538. The summed E-state index contributed by atoms with van der Waals surface area (Å²) in [7, 11) is 0. The van der Waals surface area contributed by atoms with Crippen LogP contribution in [0.1, 0.15) is 19.3 Å². The zero-order valence-electron chi connectivity index (χ0n) is 10.8. The molecule has 108 valence electrons. The minimum Gasteiger partial charge on any atom is -0.378 e. The van der Waals surface area contributed by atoms with Gasteiger partial charge in [-0.25, -0.2) is 4.39 Å². The monoisotopic (exact) mass is 283 g/mol. The van der Waals surface area contributed by atoms with Crippen molar-refractivity contribution in [3.05, 3.63) is 33.9 Å². The Labute approximate surface area is 114 Å². The molecule has 1 aromatic carbocycles. The fourth-order valence-electron chi connectivity index (χ4n) is 2.68. The van der Waals surface area contributed by atoms with Crippen LogP contribution in [0, 0.1) is 21.7 Å². The minimum absolute atomic E-state index is 0.000692. The SMILES string of the molecule is O=[N+]([O-])c1cc(NC2CCN(C3CC3)C2)c(F)cc1F. The Morgan fingerprint density at radius 1 is 1.25 bits per heavy atom. The average molecular weight is 283 g/mol. The largest absolute Gasteiger partial charge is 0.378 e. The molecule has 5 nitrogen and oxygen atoms in total. The first kappa shape index (κ1) is 13.2. The van der Waals surface area contributed by atoms with Crippen molar-refractivity contribution in [2.24, 2.45) is 0 Å². The Hall–Kier alpha value is -1.76. The van der Waals surface area contributed by atoms with Crippen molar-refractivity contribution in [3.63, 3.8) is 0 Å². The number of hydrogen-bond donors (Lipinski definition) is 1. The van der Waals surface area contributed by atoms with Gasteiger partial charge in [-0.05, 0) is 19.3 Å². The Morgan fingerprint density at radius 3 is 2.65 bits per heavy atom. The highest BCUT2D eigenvalue weighted by Gasteiger charge is 2.34. The van der Waals surface area contributed by atoms with Crippen LogP contribution in [-0.4, -0.2) is 35.0 Å². The molecule has 0 bridgehead atoms. The van der Waals surface area contributed by atoms with E-state index in [2.05, 4.69) is 10.2 Å². The van der Waals surface area contributed by atoms with E-state index >= 15 is 0 Å². The van der Waals surface area contributed by atoms with Crippen molar-refractivity contribution in [3.8, 4) is 0 Å². The number of benzene rings is 1. The molecule has 1 atom stereocenters. The molecule has 0 aromatic heterocycles. The van der Waals surface area contributed by atoms with Crippen molar-refractivity contribution >= 4 is 11.4 Å². The number of nitro benzene ring substituents is 1. The fourth-order valence-corrected chi connectivity index (χ4v) is 2.68. The molecule has 1 saturated heterocycles. The van der Waals surface area contributed by atoms with E-state index in [0.717, 1.165) is 25.6 Å². The van der Waals surface area contributed by atoms with Crippen molar-refractivity contribution in [2.75, 3.05) is 18.4 Å². The number of likely N-dealkylation sites (tertiary alicyclic amines) is 1. The van der Waals surface area contributed by atoms with E-state index in [1.54, 1.807) is 0 Å². The molecular weight excluding hydrogens is 268 g/mol. The molecule has 0 radical (unpaired) electrons. The molecule has 3 rings (SSSR count). The van der Waals surface area contributed by atoms with Gasteiger partial charge in [0, 0.05) is 37.3 Å². The first-order valence-electron chi connectivity index (χ1n) is 6.68. The summed E-state index contributed by atoms with van der Waals surface area (Å²) in [4.78, 5) is 12.2. The predicted octanol–water partition coefficient (Wildman–Crippen LogP) is 2.52. The molecule has 2 aliphatic rings. The zero-order chi connectivity index (χ0) is 14.3. The number of halogens is 2. The van der Waals surface area contributed by atoms with Gasteiger partial charge < -0.3 is 5.32 Å². The summed E-state index contributed by atoms with van der Waals surface area (Å²) in [6, 6.07) is 2.20. The molecule has 2 fully saturated rings. The van der Waals surface area contributed by atoms with Gasteiger partial charge in [-0.2, -0.15) is 4.39 Å². The Morgan fingerprint density at radius 2 is 2.00 bits per heavy atom. The number of nitrogens with zero attached hydrogens (tertiary/aromatic N) is 2. The van der Waals surface area contributed by atoms with Gasteiger partial charge in [0.2, 0.25) is 5.82 Å². The maximum atomic E-state index is 13.7. The topological polar surface area (TPSA) is 58.4 Å². The van der Waals surface area contributed by atoms with Gasteiger partial charge >= 0.3 is 5.69 Å². The van der Waals surface area contributed by atoms with Crippen LogP contribution in [0.15, 0.2) is 12.1 Å². The number of nitro groups is 1. The lowest BCUT2D eigenvalue weighted by Crippen LogP contribution is -2.28. The lowest BCUT2D eigenvalue weighted by Gasteiger charge is -2.17. The summed E-state index contributed by atoms with van der Waals surface area (Å²) in [6.07, 6.45) is 3.29. The molecule has 1 unspecified atom stereocenters. The highest BCUT2D eigenvalue weighted by Crippen LogP contribution is 2.31. The normalized spacial score (nSPS) is 23.0. The van der Waals surface area contributed by atoms with E-state index in [4.69, 9.17) is 0 Å². The molecule has 1 aliphatic heterocycles. The molecule has 1 aliphatic carbocycles. The van der Waals surface area contributed by atoms with E-state index in [9.17, 15) is 18.9 Å². The number of hydrogen-bond acceptors (Lipinski definition) is 4. The van der Waals surface area contributed by atoms with Gasteiger partial charge in [0.1, 0.15) is 5.82 Å². The average Bonchev–Trinajstić information content (AvgIpc) is 3.13. The Balaban J connectivity index is 1.73. The maximum absolute atomic E-state index is 13.7. The summed E-state index contributed by atoms with van der Waals surface area (Å²) in [5.41, 5.74) is -0.702. The van der Waals surface area contributed by atoms with Gasteiger partial charge in [-0.3, -0.25) is 15.0 Å². The smallest absolute Gasteiger partial charge is 0.307 e. The number of anilines is 1. The van der Waals surface area contributed by atoms with Crippen molar-refractivity contribution in [1.29, 1.82) is 0 Å². The summed E-state index contributed by atoms with van der Waals surface area (Å²) in [6.45, 7) is 1.75. The van der Waals surface area contributed by atoms with E-state index in [-0.39, 0.29) is 11.7 Å². The highest BCUT2D eigenvalue weighted by molar-refractivity contribution is 5.53. The van der Waals surface area contributed by atoms with E-state index in [1.807, 2.05) is 0 Å².